The molecule has 4 rings (SSSR count). The number of carbonyl (C=O) groups excluding carboxylic acids is 1. The molecule has 1 aromatic rings. The summed E-state index contributed by atoms with van der Waals surface area (Å²) in [7, 11) is 0. The maximum atomic E-state index is 13.0. The number of carbonyl (C=O) groups is 1. The number of aliphatic hydroxyl groups is 3. The van der Waals surface area contributed by atoms with Gasteiger partial charge in [-0.1, -0.05) is 25.1 Å². The number of aliphatic hydroxyl groups excluding tert-OH is 3. The van der Waals surface area contributed by atoms with Crippen LogP contribution >= 0.6 is 0 Å². The van der Waals surface area contributed by atoms with Gasteiger partial charge in [-0.2, -0.15) is 0 Å². The minimum absolute atomic E-state index is 0.0731. The van der Waals surface area contributed by atoms with Gasteiger partial charge >= 0.3 is 0 Å². The average Bonchev–Trinajstić information content (AvgIpc) is 2.53. The number of ketones is 1. The lowest BCUT2D eigenvalue weighted by Crippen LogP contribution is -2.55. The van der Waals surface area contributed by atoms with Gasteiger partial charge in [-0.15, -0.1) is 0 Å². The smallest absolute Gasteiger partial charge is 0.257 e. The van der Waals surface area contributed by atoms with Crippen LogP contribution in [0.1, 0.15) is 18.9 Å². The van der Waals surface area contributed by atoms with E-state index in [1.165, 1.54) is 0 Å². The number of rotatable bonds is 0. The van der Waals surface area contributed by atoms with E-state index in [1.807, 2.05) is 0 Å². The lowest BCUT2D eigenvalue weighted by atomic mass is 9.70. The molecular weight excluding hydrogens is 300 g/mol. The summed E-state index contributed by atoms with van der Waals surface area (Å²) in [5.41, 5.74) is 0.825. The van der Waals surface area contributed by atoms with Crippen molar-refractivity contribution in [3.63, 3.8) is 0 Å². The summed E-state index contributed by atoms with van der Waals surface area (Å²) in [5, 5.41) is 30.6. The van der Waals surface area contributed by atoms with E-state index in [0.717, 1.165) is 0 Å². The molecule has 6 nitrogen and oxygen atoms in total. The van der Waals surface area contributed by atoms with Crippen molar-refractivity contribution in [2.24, 2.45) is 11.8 Å². The molecule has 2 aliphatic heterocycles. The summed E-state index contributed by atoms with van der Waals surface area (Å²) in [4.78, 5) is 13.0. The normalized spacial score (nSPS) is 38.9. The standard InChI is InChI=1S/C17H18O6/c1-7-9(18)6-11-13(14(7)19)15(20)12-8-4-2-3-5-10(8)23-17(21)16(12)22-11/h2-5,7,9,11,13-14,17-19,21H,6H2,1H3. The van der Waals surface area contributed by atoms with Gasteiger partial charge in [0.15, 0.2) is 11.5 Å². The molecule has 23 heavy (non-hydrogen) atoms. The molecule has 0 aromatic heterocycles. The zero-order chi connectivity index (χ0) is 16.3. The van der Waals surface area contributed by atoms with Gasteiger partial charge in [-0.3, -0.25) is 4.79 Å². The average molecular weight is 318 g/mol. The quantitative estimate of drug-likeness (QED) is 0.643. The van der Waals surface area contributed by atoms with Crippen LogP contribution in [0.2, 0.25) is 0 Å². The van der Waals surface area contributed by atoms with Gasteiger partial charge in [0, 0.05) is 17.9 Å². The van der Waals surface area contributed by atoms with Crippen molar-refractivity contribution in [2.45, 2.75) is 37.9 Å². The van der Waals surface area contributed by atoms with Crippen molar-refractivity contribution in [1.29, 1.82) is 0 Å². The van der Waals surface area contributed by atoms with Crippen LogP contribution in [0.4, 0.5) is 0 Å². The zero-order valence-electron chi connectivity index (χ0n) is 12.5. The van der Waals surface area contributed by atoms with E-state index in [1.54, 1.807) is 31.2 Å². The van der Waals surface area contributed by atoms with Crippen LogP contribution in [0.5, 0.6) is 5.75 Å². The third kappa shape index (κ3) is 2.02. The Kier molecular flexibility index (Phi) is 3.23. The van der Waals surface area contributed by atoms with Gasteiger partial charge in [0.2, 0.25) is 0 Å². The van der Waals surface area contributed by atoms with Crippen LogP contribution in [0.3, 0.4) is 0 Å². The molecule has 3 N–H and O–H groups in total. The Hall–Kier alpha value is -1.89. The SMILES string of the molecule is CC1C(O)CC2OC3=C(C(=O)C2C1O)c1ccccc1OC3O. The number of fused-ring (bicyclic) bond motifs is 3. The third-order valence-electron chi connectivity index (χ3n) is 5.08. The summed E-state index contributed by atoms with van der Waals surface area (Å²) < 4.78 is 11.2. The molecule has 6 heteroatoms. The first-order chi connectivity index (χ1) is 11.0. The molecule has 2 heterocycles. The van der Waals surface area contributed by atoms with Crippen molar-refractivity contribution < 1.29 is 29.6 Å². The molecule has 1 fully saturated rings. The minimum Gasteiger partial charge on any atom is -0.486 e. The van der Waals surface area contributed by atoms with Crippen LogP contribution in [0, 0.1) is 11.8 Å². The van der Waals surface area contributed by atoms with Gasteiger partial charge in [0.1, 0.15) is 11.9 Å². The Balaban J connectivity index is 1.83. The first-order valence-corrected chi connectivity index (χ1v) is 7.74. The number of ether oxygens (including phenoxy) is 2. The molecule has 1 saturated carbocycles. The third-order valence-corrected chi connectivity index (χ3v) is 5.08. The first kappa shape index (κ1) is 14.7. The predicted octanol–water partition coefficient (Wildman–Crippen LogP) is 0.454. The molecule has 3 aliphatic rings. The van der Waals surface area contributed by atoms with E-state index in [9.17, 15) is 20.1 Å². The number of allylic oxidation sites excluding steroid dienone is 1. The molecule has 0 radical (unpaired) electrons. The Morgan fingerprint density at radius 2 is 1.87 bits per heavy atom. The molecule has 1 aromatic carbocycles. The molecule has 1 aliphatic carbocycles. The largest absolute Gasteiger partial charge is 0.486 e. The van der Waals surface area contributed by atoms with Gasteiger partial charge in [-0.05, 0) is 6.07 Å². The maximum absolute atomic E-state index is 13.0. The summed E-state index contributed by atoms with van der Waals surface area (Å²) in [5.74, 6) is -0.940. The Bertz CT molecular complexity index is 696. The molecule has 6 atom stereocenters. The van der Waals surface area contributed by atoms with Crippen molar-refractivity contribution in [3.05, 3.63) is 35.6 Å². The van der Waals surface area contributed by atoms with E-state index in [-0.39, 0.29) is 23.5 Å². The number of hydrogen-bond donors (Lipinski definition) is 3. The van der Waals surface area contributed by atoms with Gasteiger partial charge in [-0.25, -0.2) is 0 Å². The lowest BCUT2D eigenvalue weighted by molar-refractivity contribution is -0.158. The Labute approximate surface area is 133 Å². The second kappa shape index (κ2) is 5.06. The fourth-order valence-corrected chi connectivity index (χ4v) is 3.73. The van der Waals surface area contributed by atoms with E-state index in [2.05, 4.69) is 0 Å². The monoisotopic (exact) mass is 318 g/mol. The van der Waals surface area contributed by atoms with Gasteiger partial charge < -0.3 is 24.8 Å². The molecule has 122 valence electrons. The topological polar surface area (TPSA) is 96.2 Å². The van der Waals surface area contributed by atoms with E-state index in [4.69, 9.17) is 9.47 Å². The molecule has 0 spiro atoms. The van der Waals surface area contributed by atoms with Crippen molar-refractivity contribution in [3.8, 4) is 5.75 Å². The maximum Gasteiger partial charge on any atom is 0.257 e. The minimum atomic E-state index is -1.36. The van der Waals surface area contributed by atoms with Crippen LogP contribution in [0.25, 0.3) is 5.57 Å². The van der Waals surface area contributed by atoms with E-state index < -0.39 is 36.4 Å². The number of benzene rings is 1. The fraction of sp³-hybridized carbons (Fsp3) is 0.471. The molecule has 0 saturated heterocycles. The van der Waals surface area contributed by atoms with Crippen LogP contribution in [-0.4, -0.2) is 45.7 Å². The highest BCUT2D eigenvalue weighted by Gasteiger charge is 2.52. The van der Waals surface area contributed by atoms with Gasteiger partial charge in [0.25, 0.3) is 6.29 Å². The highest BCUT2D eigenvalue weighted by atomic mass is 16.6. The summed E-state index contributed by atoms with van der Waals surface area (Å²) in [6, 6.07) is 6.92. The number of para-hydroxylation sites is 1. The second-order valence-electron chi connectivity index (χ2n) is 6.40. The predicted molar refractivity (Wildman–Crippen MR) is 79.2 cm³/mol. The second-order valence-corrected chi connectivity index (χ2v) is 6.40. The summed E-state index contributed by atoms with van der Waals surface area (Å²) in [6.07, 6.45) is -3.53. The summed E-state index contributed by atoms with van der Waals surface area (Å²) >= 11 is 0. The van der Waals surface area contributed by atoms with Crippen molar-refractivity contribution in [1.82, 2.24) is 0 Å². The van der Waals surface area contributed by atoms with Crippen molar-refractivity contribution >= 4 is 11.4 Å². The molecule has 0 amide bonds. The van der Waals surface area contributed by atoms with Crippen LogP contribution in [-0.2, 0) is 9.53 Å². The van der Waals surface area contributed by atoms with Crippen molar-refractivity contribution in [2.75, 3.05) is 0 Å². The fourth-order valence-electron chi connectivity index (χ4n) is 3.73. The van der Waals surface area contributed by atoms with Crippen LogP contribution in [0.15, 0.2) is 30.0 Å². The molecule has 6 unspecified atom stereocenters. The molecular formula is C17H18O6. The van der Waals surface area contributed by atoms with Crippen LogP contribution < -0.4 is 4.74 Å². The Morgan fingerprint density at radius 1 is 1.13 bits per heavy atom. The number of hydrogen-bond acceptors (Lipinski definition) is 6. The highest BCUT2D eigenvalue weighted by molar-refractivity contribution is 6.24. The van der Waals surface area contributed by atoms with E-state index >= 15 is 0 Å². The molecule has 0 bridgehead atoms. The first-order valence-electron chi connectivity index (χ1n) is 7.74. The van der Waals surface area contributed by atoms with Gasteiger partial charge in [0.05, 0.1) is 23.7 Å². The zero-order valence-corrected chi connectivity index (χ0v) is 12.5. The summed E-state index contributed by atoms with van der Waals surface area (Å²) in [6.45, 7) is 1.72. The highest BCUT2D eigenvalue weighted by Crippen LogP contribution is 2.46. The lowest BCUT2D eigenvalue weighted by Gasteiger charge is -2.45. The number of Topliss-reactive ketones (excluding diaryl/α,β-unsaturated/α-hetero) is 1. The Morgan fingerprint density at radius 3 is 2.65 bits per heavy atom. The van der Waals surface area contributed by atoms with E-state index in [0.29, 0.717) is 11.3 Å².